The van der Waals surface area contributed by atoms with Crippen molar-refractivity contribution in [1.82, 2.24) is 20.1 Å². The number of thioether (sulfide) groups is 1. The topological polar surface area (TPSA) is 69.0 Å². The summed E-state index contributed by atoms with van der Waals surface area (Å²) in [4.78, 5) is 12.2. The maximum Gasteiger partial charge on any atom is 0.221 e. The summed E-state index contributed by atoms with van der Waals surface area (Å²) in [5.74, 6) is 2.41. The first-order valence-corrected chi connectivity index (χ1v) is 10.7. The minimum atomic E-state index is 0.141. The van der Waals surface area contributed by atoms with Crippen molar-refractivity contribution in [2.45, 2.75) is 63.2 Å². The predicted molar refractivity (Wildman–Crippen MR) is 108 cm³/mol. The number of amides is 1. The minimum absolute atomic E-state index is 0.141. The first-order chi connectivity index (χ1) is 13.2. The summed E-state index contributed by atoms with van der Waals surface area (Å²) in [6.45, 7) is 2.83. The van der Waals surface area contributed by atoms with E-state index in [-0.39, 0.29) is 5.91 Å². The van der Waals surface area contributed by atoms with E-state index in [2.05, 4.69) is 27.0 Å². The van der Waals surface area contributed by atoms with E-state index in [4.69, 9.17) is 4.74 Å². The lowest BCUT2D eigenvalue weighted by Gasteiger charge is -2.22. The molecule has 3 rings (SSSR count). The van der Waals surface area contributed by atoms with Crippen LogP contribution in [0.2, 0.25) is 0 Å². The molecule has 1 heterocycles. The van der Waals surface area contributed by atoms with Crippen LogP contribution in [0.3, 0.4) is 0 Å². The summed E-state index contributed by atoms with van der Waals surface area (Å²) >= 11 is 1.58. The monoisotopic (exact) mass is 388 g/mol. The molecule has 1 aromatic heterocycles. The number of carbonyl (C=O) groups excluding carboxylic acids is 1. The SMILES string of the molecule is CCn1c(SCCC(=O)NC2CCCCC2)nnc1-c1ccccc1OC. The summed E-state index contributed by atoms with van der Waals surface area (Å²) in [5.41, 5.74) is 0.927. The highest BCUT2D eigenvalue weighted by molar-refractivity contribution is 7.99. The van der Waals surface area contributed by atoms with Gasteiger partial charge in [-0.15, -0.1) is 10.2 Å². The summed E-state index contributed by atoms with van der Waals surface area (Å²) in [7, 11) is 1.66. The van der Waals surface area contributed by atoms with E-state index in [1.807, 2.05) is 24.3 Å². The fraction of sp³-hybridized carbons (Fsp3) is 0.550. The Hall–Kier alpha value is -2.02. The molecular weight excluding hydrogens is 360 g/mol. The van der Waals surface area contributed by atoms with Crippen LogP contribution in [-0.4, -0.2) is 39.6 Å². The third kappa shape index (κ3) is 5.03. The van der Waals surface area contributed by atoms with Gasteiger partial charge in [0.05, 0.1) is 12.7 Å². The molecule has 0 bridgehead atoms. The molecule has 1 fully saturated rings. The van der Waals surface area contributed by atoms with E-state index < -0.39 is 0 Å². The quantitative estimate of drug-likeness (QED) is 0.695. The number of aromatic nitrogens is 3. The second-order valence-corrected chi connectivity index (χ2v) is 7.81. The molecule has 0 radical (unpaired) electrons. The maximum atomic E-state index is 12.2. The Bertz CT molecular complexity index is 756. The predicted octanol–water partition coefficient (Wildman–Crippen LogP) is 3.90. The number of hydrogen-bond donors (Lipinski definition) is 1. The van der Waals surface area contributed by atoms with E-state index in [0.717, 1.165) is 41.7 Å². The van der Waals surface area contributed by atoms with Gasteiger partial charge in [0, 0.05) is 24.8 Å². The van der Waals surface area contributed by atoms with Crippen LogP contribution in [0.15, 0.2) is 29.4 Å². The number of rotatable bonds is 8. The van der Waals surface area contributed by atoms with Crippen molar-refractivity contribution in [3.63, 3.8) is 0 Å². The zero-order valence-electron chi connectivity index (χ0n) is 16.1. The molecule has 1 amide bonds. The second-order valence-electron chi connectivity index (χ2n) is 6.75. The number of nitrogens with zero attached hydrogens (tertiary/aromatic N) is 3. The smallest absolute Gasteiger partial charge is 0.221 e. The molecule has 0 unspecified atom stereocenters. The Morgan fingerprint density at radius 1 is 1.26 bits per heavy atom. The Balaban J connectivity index is 1.59. The number of methoxy groups -OCH3 is 1. The van der Waals surface area contributed by atoms with Crippen LogP contribution in [0.4, 0.5) is 0 Å². The van der Waals surface area contributed by atoms with Gasteiger partial charge in [0.2, 0.25) is 5.91 Å². The lowest BCUT2D eigenvalue weighted by atomic mass is 9.95. The van der Waals surface area contributed by atoms with Gasteiger partial charge in [0.25, 0.3) is 0 Å². The highest BCUT2D eigenvalue weighted by atomic mass is 32.2. The fourth-order valence-corrected chi connectivity index (χ4v) is 4.43. The van der Waals surface area contributed by atoms with Gasteiger partial charge in [0.15, 0.2) is 11.0 Å². The summed E-state index contributed by atoms with van der Waals surface area (Å²) in [6.07, 6.45) is 6.48. The minimum Gasteiger partial charge on any atom is -0.496 e. The van der Waals surface area contributed by atoms with Gasteiger partial charge in [-0.05, 0) is 31.9 Å². The molecule has 1 saturated carbocycles. The molecular formula is C20H28N4O2S. The number of hydrogen-bond acceptors (Lipinski definition) is 5. The molecule has 1 aliphatic rings. The number of ether oxygens (including phenoxy) is 1. The van der Waals surface area contributed by atoms with Crippen LogP contribution >= 0.6 is 11.8 Å². The van der Waals surface area contributed by atoms with E-state index in [1.165, 1.54) is 19.3 Å². The van der Waals surface area contributed by atoms with Crippen molar-refractivity contribution in [2.24, 2.45) is 0 Å². The molecule has 1 N–H and O–H groups in total. The first-order valence-electron chi connectivity index (χ1n) is 9.71. The normalized spacial score (nSPS) is 14.9. The van der Waals surface area contributed by atoms with Crippen molar-refractivity contribution < 1.29 is 9.53 Å². The lowest BCUT2D eigenvalue weighted by molar-refractivity contribution is -0.121. The van der Waals surface area contributed by atoms with Gasteiger partial charge in [0.1, 0.15) is 5.75 Å². The number of benzene rings is 1. The average molecular weight is 389 g/mol. The van der Waals surface area contributed by atoms with E-state index in [9.17, 15) is 4.79 Å². The third-order valence-electron chi connectivity index (χ3n) is 4.91. The third-order valence-corrected chi connectivity index (χ3v) is 5.88. The number of carbonyl (C=O) groups is 1. The van der Waals surface area contributed by atoms with Gasteiger partial charge in [-0.3, -0.25) is 4.79 Å². The number of para-hydroxylation sites is 1. The van der Waals surface area contributed by atoms with Crippen molar-refractivity contribution in [3.8, 4) is 17.1 Å². The fourth-order valence-electron chi connectivity index (χ4n) is 3.49. The molecule has 0 saturated heterocycles. The molecule has 27 heavy (non-hydrogen) atoms. The molecule has 0 atom stereocenters. The Morgan fingerprint density at radius 3 is 2.78 bits per heavy atom. The van der Waals surface area contributed by atoms with Crippen LogP contribution in [-0.2, 0) is 11.3 Å². The molecule has 2 aromatic rings. The number of nitrogens with one attached hydrogen (secondary N) is 1. The molecule has 1 aliphatic carbocycles. The van der Waals surface area contributed by atoms with Crippen molar-refractivity contribution >= 4 is 17.7 Å². The largest absolute Gasteiger partial charge is 0.496 e. The average Bonchev–Trinajstić information content (AvgIpc) is 3.11. The standard InChI is InChI=1S/C20H28N4O2S/c1-3-24-19(16-11-7-8-12-17(16)26-2)22-23-20(24)27-14-13-18(25)21-15-9-5-4-6-10-15/h7-8,11-12,15H,3-6,9-10,13-14H2,1-2H3,(H,21,25). The summed E-state index contributed by atoms with van der Waals surface area (Å²) in [5, 5.41) is 12.7. The summed E-state index contributed by atoms with van der Waals surface area (Å²) < 4.78 is 7.52. The van der Waals surface area contributed by atoms with Crippen LogP contribution in [0, 0.1) is 0 Å². The Kier molecular flexibility index (Phi) is 7.15. The van der Waals surface area contributed by atoms with Crippen LogP contribution in [0.25, 0.3) is 11.4 Å². The summed E-state index contributed by atoms with van der Waals surface area (Å²) in [6, 6.07) is 8.19. The van der Waals surface area contributed by atoms with Crippen molar-refractivity contribution in [3.05, 3.63) is 24.3 Å². The highest BCUT2D eigenvalue weighted by Gasteiger charge is 2.18. The molecule has 7 heteroatoms. The Labute approximate surface area is 165 Å². The highest BCUT2D eigenvalue weighted by Crippen LogP contribution is 2.30. The van der Waals surface area contributed by atoms with Gasteiger partial charge < -0.3 is 14.6 Å². The maximum absolute atomic E-state index is 12.2. The molecule has 6 nitrogen and oxygen atoms in total. The van der Waals surface area contributed by atoms with Crippen LogP contribution < -0.4 is 10.1 Å². The molecule has 0 spiro atoms. The van der Waals surface area contributed by atoms with Crippen LogP contribution in [0.5, 0.6) is 5.75 Å². The van der Waals surface area contributed by atoms with E-state index in [0.29, 0.717) is 18.2 Å². The van der Waals surface area contributed by atoms with Gasteiger partial charge in [-0.25, -0.2) is 0 Å². The molecule has 1 aromatic carbocycles. The lowest BCUT2D eigenvalue weighted by Crippen LogP contribution is -2.36. The Morgan fingerprint density at radius 2 is 2.04 bits per heavy atom. The molecule has 146 valence electrons. The van der Waals surface area contributed by atoms with Gasteiger partial charge >= 0.3 is 0 Å². The first kappa shape index (κ1) is 19.7. The van der Waals surface area contributed by atoms with Crippen LogP contribution in [0.1, 0.15) is 45.4 Å². The molecule has 0 aliphatic heterocycles. The van der Waals surface area contributed by atoms with Gasteiger partial charge in [-0.1, -0.05) is 43.2 Å². The van der Waals surface area contributed by atoms with E-state index >= 15 is 0 Å². The second kappa shape index (κ2) is 9.78. The van der Waals surface area contributed by atoms with E-state index in [1.54, 1.807) is 18.9 Å². The van der Waals surface area contributed by atoms with Crippen molar-refractivity contribution in [2.75, 3.05) is 12.9 Å². The zero-order valence-corrected chi connectivity index (χ0v) is 16.9. The van der Waals surface area contributed by atoms with Gasteiger partial charge in [-0.2, -0.15) is 0 Å². The zero-order chi connectivity index (χ0) is 19.1. The van der Waals surface area contributed by atoms with Crippen molar-refractivity contribution in [1.29, 1.82) is 0 Å².